The number of hydrogen-bond acceptors (Lipinski definition) is 1. The molecule has 1 rings (SSSR count). The largest absolute Gasteiger partial charge is 0.508 e. The van der Waals surface area contributed by atoms with Crippen LogP contribution >= 0.6 is 11.6 Å². The average molecular weight is 211 g/mol. The molecule has 1 nitrogen and oxygen atoms in total. The Bertz CT molecular complexity index is 342. The summed E-state index contributed by atoms with van der Waals surface area (Å²) in [5, 5.41) is 10.2. The molecule has 1 aromatic rings. The first-order chi connectivity index (χ1) is 6.63. The summed E-state index contributed by atoms with van der Waals surface area (Å²) in [5.41, 5.74) is 2.24. The lowest BCUT2D eigenvalue weighted by molar-refractivity contribution is 0.468. The number of halogens is 1. The van der Waals surface area contributed by atoms with E-state index >= 15 is 0 Å². The van der Waals surface area contributed by atoms with E-state index in [1.165, 1.54) is 5.57 Å². The molecule has 0 spiro atoms. The summed E-state index contributed by atoms with van der Waals surface area (Å²) in [6.07, 6.45) is 3.88. The molecule has 14 heavy (non-hydrogen) atoms. The van der Waals surface area contributed by atoms with E-state index in [-0.39, 0.29) is 0 Å². The van der Waals surface area contributed by atoms with Gasteiger partial charge in [0, 0.05) is 5.02 Å². The SMILES string of the molecule is C/C=C(/C)CCc1cc(Cl)ccc1O. The zero-order valence-corrected chi connectivity index (χ0v) is 9.30. The molecule has 2 heteroatoms. The van der Waals surface area contributed by atoms with Crippen LogP contribution in [-0.4, -0.2) is 5.11 Å². The molecule has 0 amide bonds. The molecule has 0 radical (unpaired) electrons. The van der Waals surface area contributed by atoms with Crippen molar-refractivity contribution in [1.29, 1.82) is 0 Å². The van der Waals surface area contributed by atoms with Crippen LogP contribution < -0.4 is 0 Å². The fourth-order valence-electron chi connectivity index (χ4n) is 1.23. The van der Waals surface area contributed by atoms with Gasteiger partial charge in [-0.25, -0.2) is 0 Å². The van der Waals surface area contributed by atoms with Crippen molar-refractivity contribution in [3.8, 4) is 5.75 Å². The molecule has 76 valence electrons. The van der Waals surface area contributed by atoms with Crippen LogP contribution in [0.15, 0.2) is 29.8 Å². The monoisotopic (exact) mass is 210 g/mol. The van der Waals surface area contributed by atoms with Crippen molar-refractivity contribution in [3.05, 3.63) is 40.4 Å². The van der Waals surface area contributed by atoms with E-state index in [0.29, 0.717) is 10.8 Å². The molecular formula is C12H15ClO. The predicted molar refractivity (Wildman–Crippen MR) is 60.9 cm³/mol. The van der Waals surface area contributed by atoms with Crippen LogP contribution in [0.4, 0.5) is 0 Å². The van der Waals surface area contributed by atoms with E-state index in [0.717, 1.165) is 18.4 Å². The highest BCUT2D eigenvalue weighted by molar-refractivity contribution is 6.30. The van der Waals surface area contributed by atoms with E-state index < -0.39 is 0 Å². The first-order valence-electron chi connectivity index (χ1n) is 4.72. The molecule has 0 fully saturated rings. The third-order valence-electron chi connectivity index (χ3n) is 2.32. The van der Waals surface area contributed by atoms with Gasteiger partial charge in [-0.1, -0.05) is 23.3 Å². The fourth-order valence-corrected chi connectivity index (χ4v) is 1.43. The van der Waals surface area contributed by atoms with Crippen LogP contribution in [0, 0.1) is 0 Å². The number of allylic oxidation sites excluding steroid dienone is 2. The first kappa shape index (κ1) is 11.1. The van der Waals surface area contributed by atoms with Crippen molar-refractivity contribution in [2.75, 3.05) is 0 Å². The lowest BCUT2D eigenvalue weighted by Gasteiger charge is -2.05. The van der Waals surface area contributed by atoms with Gasteiger partial charge in [0.15, 0.2) is 0 Å². The first-order valence-corrected chi connectivity index (χ1v) is 5.10. The van der Waals surface area contributed by atoms with Crippen molar-refractivity contribution >= 4 is 11.6 Å². The van der Waals surface area contributed by atoms with Gasteiger partial charge >= 0.3 is 0 Å². The van der Waals surface area contributed by atoms with Crippen LogP contribution in [0.2, 0.25) is 5.02 Å². The fraction of sp³-hybridized carbons (Fsp3) is 0.333. The molecule has 0 aliphatic heterocycles. The summed E-state index contributed by atoms with van der Waals surface area (Å²) in [7, 11) is 0. The Morgan fingerprint density at radius 2 is 2.21 bits per heavy atom. The second-order valence-corrected chi connectivity index (χ2v) is 3.84. The predicted octanol–water partition coefficient (Wildman–Crippen LogP) is 3.94. The maximum absolute atomic E-state index is 9.54. The maximum atomic E-state index is 9.54. The Balaban J connectivity index is 2.71. The third-order valence-corrected chi connectivity index (χ3v) is 2.56. The minimum Gasteiger partial charge on any atom is -0.508 e. The molecule has 1 aromatic carbocycles. The number of phenolic OH excluding ortho intramolecular Hbond substituents is 1. The molecule has 0 aliphatic rings. The Morgan fingerprint density at radius 3 is 2.86 bits per heavy atom. The standard InChI is InChI=1S/C12H15ClO/c1-3-9(2)4-5-10-8-11(13)6-7-12(10)14/h3,6-8,14H,4-5H2,1-2H3/b9-3-. The summed E-state index contributed by atoms with van der Waals surface area (Å²) < 4.78 is 0. The summed E-state index contributed by atoms with van der Waals surface area (Å²) in [6, 6.07) is 5.16. The summed E-state index contributed by atoms with van der Waals surface area (Å²) in [6.45, 7) is 4.11. The van der Waals surface area contributed by atoms with Gasteiger partial charge in [-0.2, -0.15) is 0 Å². The van der Waals surface area contributed by atoms with Gasteiger partial charge in [0.1, 0.15) is 5.75 Å². The molecule has 0 unspecified atom stereocenters. The molecule has 0 saturated carbocycles. The van der Waals surface area contributed by atoms with Crippen LogP contribution in [-0.2, 0) is 6.42 Å². The number of aromatic hydroxyl groups is 1. The number of aryl methyl sites for hydroxylation is 1. The lowest BCUT2D eigenvalue weighted by atomic mass is 10.0. The summed E-state index contributed by atoms with van der Waals surface area (Å²) in [5.74, 6) is 0.332. The number of hydrogen-bond donors (Lipinski definition) is 1. The summed E-state index contributed by atoms with van der Waals surface area (Å²) in [4.78, 5) is 0. The number of rotatable bonds is 3. The van der Waals surface area contributed by atoms with Crippen LogP contribution in [0.5, 0.6) is 5.75 Å². The van der Waals surface area contributed by atoms with Crippen LogP contribution in [0.1, 0.15) is 25.8 Å². The van der Waals surface area contributed by atoms with Crippen molar-refractivity contribution < 1.29 is 5.11 Å². The van der Waals surface area contributed by atoms with Crippen molar-refractivity contribution in [2.45, 2.75) is 26.7 Å². The van der Waals surface area contributed by atoms with Crippen molar-refractivity contribution in [3.63, 3.8) is 0 Å². The highest BCUT2D eigenvalue weighted by Crippen LogP contribution is 2.23. The van der Waals surface area contributed by atoms with Crippen LogP contribution in [0.25, 0.3) is 0 Å². The molecule has 0 aliphatic carbocycles. The second-order valence-electron chi connectivity index (χ2n) is 3.41. The van der Waals surface area contributed by atoms with Gasteiger partial charge in [0.25, 0.3) is 0 Å². The zero-order chi connectivity index (χ0) is 10.6. The molecular weight excluding hydrogens is 196 g/mol. The Kier molecular flexibility index (Phi) is 4.02. The minimum absolute atomic E-state index is 0.332. The quantitative estimate of drug-likeness (QED) is 0.750. The Morgan fingerprint density at radius 1 is 1.50 bits per heavy atom. The Hall–Kier alpha value is -0.950. The number of benzene rings is 1. The lowest BCUT2D eigenvalue weighted by Crippen LogP contribution is -1.87. The van der Waals surface area contributed by atoms with E-state index in [1.807, 2.05) is 13.0 Å². The second kappa shape index (κ2) is 5.06. The van der Waals surface area contributed by atoms with E-state index in [1.54, 1.807) is 12.1 Å². The van der Waals surface area contributed by atoms with Crippen molar-refractivity contribution in [1.82, 2.24) is 0 Å². The number of phenols is 1. The molecule has 0 saturated heterocycles. The molecule has 0 heterocycles. The molecule has 0 bridgehead atoms. The van der Waals surface area contributed by atoms with E-state index in [4.69, 9.17) is 11.6 Å². The van der Waals surface area contributed by atoms with Gasteiger partial charge in [-0.3, -0.25) is 0 Å². The average Bonchev–Trinajstić information content (AvgIpc) is 2.19. The smallest absolute Gasteiger partial charge is 0.118 e. The normalized spacial score (nSPS) is 11.8. The van der Waals surface area contributed by atoms with E-state index in [9.17, 15) is 5.11 Å². The van der Waals surface area contributed by atoms with Gasteiger partial charge in [-0.05, 0) is 50.5 Å². The molecule has 0 aromatic heterocycles. The minimum atomic E-state index is 0.332. The third kappa shape index (κ3) is 3.08. The van der Waals surface area contributed by atoms with Gasteiger partial charge in [0.2, 0.25) is 0 Å². The van der Waals surface area contributed by atoms with Crippen molar-refractivity contribution in [2.24, 2.45) is 0 Å². The summed E-state index contributed by atoms with van der Waals surface area (Å²) >= 11 is 5.84. The van der Waals surface area contributed by atoms with Gasteiger partial charge in [0.05, 0.1) is 0 Å². The zero-order valence-electron chi connectivity index (χ0n) is 8.55. The Labute approximate surface area is 90.0 Å². The molecule has 0 atom stereocenters. The highest BCUT2D eigenvalue weighted by atomic mass is 35.5. The topological polar surface area (TPSA) is 20.2 Å². The van der Waals surface area contributed by atoms with Gasteiger partial charge in [-0.15, -0.1) is 0 Å². The van der Waals surface area contributed by atoms with E-state index in [2.05, 4.69) is 13.0 Å². The maximum Gasteiger partial charge on any atom is 0.118 e. The highest BCUT2D eigenvalue weighted by Gasteiger charge is 2.01. The molecule has 1 N–H and O–H groups in total. The van der Waals surface area contributed by atoms with Crippen LogP contribution in [0.3, 0.4) is 0 Å². The van der Waals surface area contributed by atoms with Gasteiger partial charge < -0.3 is 5.11 Å².